The molecule has 0 aliphatic heterocycles. The Balaban J connectivity index is 0. The molecule has 0 N–H and O–H groups in total. The van der Waals surface area contributed by atoms with Crippen molar-refractivity contribution in [2.75, 3.05) is 0 Å². The zero-order valence-corrected chi connectivity index (χ0v) is 4.03. The Labute approximate surface area is 72.9 Å². The van der Waals surface area contributed by atoms with Crippen LogP contribution < -0.4 is 0 Å². The molecule has 0 heterocycles. The van der Waals surface area contributed by atoms with Gasteiger partial charge >= 0.3 is 35.7 Å². The van der Waals surface area contributed by atoms with Gasteiger partial charge in [0, 0.05) is 6.42 Å². The second-order valence-corrected chi connectivity index (χ2v) is 1.32. The standard InChI is InChI=1S/C4H5F3O.Na.H/c5-4(6,7)2-1-3-8;;/h3H,1-2H2;;. The van der Waals surface area contributed by atoms with Crippen LogP contribution in [0.5, 0.6) is 0 Å². The van der Waals surface area contributed by atoms with Crippen LogP contribution in [0.4, 0.5) is 13.2 Å². The number of rotatable bonds is 2. The zero-order chi connectivity index (χ0) is 6.62. The number of aldehydes is 1. The van der Waals surface area contributed by atoms with Crippen LogP contribution in [-0.4, -0.2) is 42.0 Å². The molecule has 50 valence electrons. The SMILES string of the molecule is O=CCCC(F)(F)F.[NaH]. The summed E-state index contributed by atoms with van der Waals surface area (Å²) >= 11 is 0. The van der Waals surface area contributed by atoms with Gasteiger partial charge in [0.05, 0.1) is 6.42 Å². The average molecular weight is 150 g/mol. The quantitative estimate of drug-likeness (QED) is 0.421. The third-order valence-corrected chi connectivity index (χ3v) is 0.546. The van der Waals surface area contributed by atoms with E-state index in [4.69, 9.17) is 0 Å². The summed E-state index contributed by atoms with van der Waals surface area (Å²) in [6.07, 6.45) is -5.35. The molecule has 0 aliphatic carbocycles. The topological polar surface area (TPSA) is 17.1 Å². The summed E-state index contributed by atoms with van der Waals surface area (Å²) in [6.45, 7) is 0. The summed E-state index contributed by atoms with van der Waals surface area (Å²) in [5, 5.41) is 0. The second kappa shape index (κ2) is 5.26. The molecule has 5 heteroatoms. The van der Waals surface area contributed by atoms with Gasteiger partial charge in [0.1, 0.15) is 6.29 Å². The van der Waals surface area contributed by atoms with Gasteiger partial charge in [0.15, 0.2) is 0 Å². The van der Waals surface area contributed by atoms with Crippen molar-refractivity contribution in [3.63, 3.8) is 0 Å². The minimum atomic E-state index is -4.18. The number of hydrogen-bond donors (Lipinski definition) is 0. The summed E-state index contributed by atoms with van der Waals surface area (Å²) in [7, 11) is 0. The molecule has 0 aliphatic rings. The van der Waals surface area contributed by atoms with Gasteiger partial charge in [0.25, 0.3) is 0 Å². The molecule has 0 saturated heterocycles. The summed E-state index contributed by atoms with van der Waals surface area (Å²) in [6, 6.07) is 0. The van der Waals surface area contributed by atoms with Crippen molar-refractivity contribution in [3.05, 3.63) is 0 Å². The van der Waals surface area contributed by atoms with E-state index in [0.29, 0.717) is 0 Å². The third kappa shape index (κ3) is 11.8. The van der Waals surface area contributed by atoms with Crippen molar-refractivity contribution in [3.8, 4) is 0 Å². The summed E-state index contributed by atoms with van der Waals surface area (Å²) in [5.41, 5.74) is 0. The van der Waals surface area contributed by atoms with Gasteiger partial charge in [-0.1, -0.05) is 0 Å². The molecule has 0 bridgehead atoms. The van der Waals surface area contributed by atoms with E-state index in [-0.39, 0.29) is 35.8 Å². The fourth-order valence-electron chi connectivity index (χ4n) is 0.223. The maximum absolute atomic E-state index is 11.1. The molecule has 9 heavy (non-hydrogen) atoms. The fourth-order valence-corrected chi connectivity index (χ4v) is 0.223. The Morgan fingerprint density at radius 3 is 1.89 bits per heavy atom. The Bertz CT molecular complexity index is 80.4. The third-order valence-electron chi connectivity index (χ3n) is 0.546. The van der Waals surface area contributed by atoms with Gasteiger partial charge in [0.2, 0.25) is 0 Å². The van der Waals surface area contributed by atoms with Crippen LogP contribution in [0.3, 0.4) is 0 Å². The van der Waals surface area contributed by atoms with Gasteiger partial charge in [-0.15, -0.1) is 0 Å². The molecule has 1 nitrogen and oxygen atoms in total. The van der Waals surface area contributed by atoms with Crippen LogP contribution in [0.2, 0.25) is 0 Å². The van der Waals surface area contributed by atoms with Crippen LogP contribution in [0.1, 0.15) is 12.8 Å². The van der Waals surface area contributed by atoms with Crippen molar-refractivity contribution in [1.29, 1.82) is 0 Å². The Morgan fingerprint density at radius 1 is 1.33 bits per heavy atom. The second-order valence-electron chi connectivity index (χ2n) is 1.32. The fraction of sp³-hybridized carbons (Fsp3) is 0.750. The molecule has 0 radical (unpaired) electrons. The number of carbonyl (C=O) groups is 1. The van der Waals surface area contributed by atoms with E-state index in [1.807, 2.05) is 0 Å². The molecule has 0 spiro atoms. The number of carbonyl (C=O) groups excluding carboxylic acids is 1. The van der Waals surface area contributed by atoms with Crippen LogP contribution in [0.25, 0.3) is 0 Å². The first-order valence-electron chi connectivity index (χ1n) is 2.06. The Kier molecular flexibility index (Phi) is 7.11. The monoisotopic (exact) mass is 150 g/mol. The molecule has 0 aromatic heterocycles. The molecule has 0 amide bonds. The molecule has 0 aromatic carbocycles. The summed E-state index contributed by atoms with van der Waals surface area (Å²) < 4.78 is 33.3. The summed E-state index contributed by atoms with van der Waals surface area (Å²) in [4.78, 5) is 9.35. The van der Waals surface area contributed by atoms with E-state index in [1.54, 1.807) is 0 Å². The molecule has 0 unspecified atom stereocenters. The van der Waals surface area contributed by atoms with Gasteiger partial charge in [-0.25, -0.2) is 0 Å². The van der Waals surface area contributed by atoms with Crippen LogP contribution >= 0.6 is 0 Å². The first-order valence-corrected chi connectivity index (χ1v) is 2.06. The van der Waals surface area contributed by atoms with Gasteiger partial charge < -0.3 is 4.79 Å². The molecule has 0 fully saturated rings. The van der Waals surface area contributed by atoms with Crippen molar-refractivity contribution in [2.24, 2.45) is 0 Å². The predicted octanol–water partition coefficient (Wildman–Crippen LogP) is 0.879. The number of halogens is 3. The molecule has 0 rings (SSSR count). The molecular weight excluding hydrogens is 144 g/mol. The van der Waals surface area contributed by atoms with Gasteiger partial charge in [-0.05, 0) is 0 Å². The van der Waals surface area contributed by atoms with Crippen molar-refractivity contribution < 1.29 is 18.0 Å². The number of alkyl halides is 3. The van der Waals surface area contributed by atoms with Crippen molar-refractivity contribution in [2.45, 2.75) is 19.0 Å². The van der Waals surface area contributed by atoms with E-state index in [0.717, 1.165) is 0 Å². The molecule has 0 atom stereocenters. The summed E-state index contributed by atoms with van der Waals surface area (Å²) in [5.74, 6) is 0. The maximum atomic E-state index is 11.1. The molecule has 0 aromatic rings. The molecular formula is C4H6F3NaO. The molecule has 0 saturated carbocycles. The zero-order valence-electron chi connectivity index (χ0n) is 4.03. The van der Waals surface area contributed by atoms with E-state index in [1.165, 1.54) is 0 Å². The van der Waals surface area contributed by atoms with Crippen molar-refractivity contribution >= 4 is 35.8 Å². The van der Waals surface area contributed by atoms with Gasteiger partial charge in [-0.2, -0.15) is 13.2 Å². The number of hydrogen-bond acceptors (Lipinski definition) is 1. The van der Waals surface area contributed by atoms with Crippen LogP contribution in [-0.2, 0) is 4.79 Å². The Hall–Kier alpha value is 0.460. The van der Waals surface area contributed by atoms with Crippen LogP contribution in [0, 0.1) is 0 Å². The first kappa shape index (κ1) is 12.2. The van der Waals surface area contributed by atoms with Crippen molar-refractivity contribution in [1.82, 2.24) is 0 Å². The van der Waals surface area contributed by atoms with E-state index in [9.17, 15) is 18.0 Å². The van der Waals surface area contributed by atoms with Gasteiger partial charge in [-0.3, -0.25) is 0 Å². The van der Waals surface area contributed by atoms with Crippen LogP contribution in [0.15, 0.2) is 0 Å². The normalized spacial score (nSPS) is 10.1. The van der Waals surface area contributed by atoms with E-state index >= 15 is 0 Å². The average Bonchev–Trinajstić information content (AvgIpc) is 1.59. The Morgan fingerprint density at radius 2 is 1.78 bits per heavy atom. The first-order chi connectivity index (χ1) is 3.56. The van der Waals surface area contributed by atoms with E-state index < -0.39 is 19.0 Å². The predicted molar refractivity (Wildman–Crippen MR) is 28.5 cm³/mol. The minimum absolute atomic E-state index is 0. The van der Waals surface area contributed by atoms with E-state index in [2.05, 4.69) is 0 Å².